The lowest BCUT2D eigenvalue weighted by Crippen LogP contribution is -2.14. The van der Waals surface area contributed by atoms with Crippen molar-refractivity contribution in [1.82, 2.24) is 24.2 Å². The van der Waals surface area contributed by atoms with Crippen molar-refractivity contribution < 1.29 is 0 Å². The first-order chi connectivity index (χ1) is 9.54. The molecule has 6 nitrogen and oxygen atoms in total. The van der Waals surface area contributed by atoms with E-state index >= 15 is 0 Å². The number of nitrogen functional groups attached to an aromatic ring is 1. The summed E-state index contributed by atoms with van der Waals surface area (Å²) in [5, 5.41) is 4.57. The molecule has 0 unspecified atom stereocenters. The normalized spacial score (nSPS) is 11.8. The Labute approximate surface area is 120 Å². The third-order valence-electron chi connectivity index (χ3n) is 3.54. The number of aryl methyl sites for hydroxylation is 3. The quantitative estimate of drug-likeness (QED) is 0.782. The van der Waals surface area contributed by atoms with Crippen LogP contribution in [0, 0.1) is 0 Å². The van der Waals surface area contributed by atoms with Gasteiger partial charge in [-0.1, -0.05) is 13.3 Å². The number of rotatable bonds is 7. The Bertz CT molecular complexity index is 566. The molecule has 0 atom stereocenters. The monoisotopic (exact) mass is 278 g/mol. The predicted molar refractivity (Wildman–Crippen MR) is 82.7 cm³/mol. The topological polar surface area (TPSA) is 64.9 Å². The van der Waals surface area contributed by atoms with Crippen LogP contribution >= 0.6 is 0 Å². The molecule has 0 saturated carbocycles. The van der Waals surface area contributed by atoms with E-state index in [1.54, 1.807) is 0 Å². The molecule has 0 fully saturated rings. The van der Waals surface area contributed by atoms with Gasteiger partial charge in [0, 0.05) is 13.6 Å². The maximum absolute atomic E-state index is 6.07. The van der Waals surface area contributed by atoms with E-state index in [0.717, 1.165) is 55.6 Å². The molecule has 0 amide bonds. The lowest BCUT2D eigenvalue weighted by molar-refractivity contribution is 0.388. The summed E-state index contributed by atoms with van der Waals surface area (Å²) in [7, 11) is 6.17. The van der Waals surface area contributed by atoms with Crippen molar-refractivity contribution in [2.45, 2.75) is 39.2 Å². The van der Waals surface area contributed by atoms with E-state index in [1.165, 1.54) is 0 Å². The van der Waals surface area contributed by atoms with E-state index in [9.17, 15) is 0 Å². The van der Waals surface area contributed by atoms with Crippen molar-refractivity contribution in [3.63, 3.8) is 0 Å². The Morgan fingerprint density at radius 3 is 2.65 bits per heavy atom. The molecule has 2 aromatic rings. The third kappa shape index (κ3) is 2.95. The number of hydrogen-bond donors (Lipinski definition) is 1. The molecule has 6 heteroatoms. The molecule has 0 aliphatic rings. The highest BCUT2D eigenvalue weighted by Gasteiger charge is 2.16. The molecular weight excluding hydrogens is 252 g/mol. The van der Waals surface area contributed by atoms with Gasteiger partial charge in [-0.15, -0.1) is 0 Å². The maximum atomic E-state index is 6.07. The van der Waals surface area contributed by atoms with E-state index in [1.807, 2.05) is 11.7 Å². The Balaban J connectivity index is 2.18. The van der Waals surface area contributed by atoms with Crippen LogP contribution in [0.3, 0.4) is 0 Å². The van der Waals surface area contributed by atoms with Gasteiger partial charge in [-0.25, -0.2) is 4.98 Å². The van der Waals surface area contributed by atoms with Crippen LogP contribution in [0.1, 0.15) is 31.9 Å². The van der Waals surface area contributed by atoms with Crippen molar-refractivity contribution in [3.05, 3.63) is 5.69 Å². The van der Waals surface area contributed by atoms with Gasteiger partial charge in [-0.2, -0.15) is 5.10 Å². The minimum Gasteiger partial charge on any atom is -0.369 e. The molecule has 20 heavy (non-hydrogen) atoms. The number of unbranched alkanes of at least 4 members (excludes halogenated alkanes) is 1. The molecule has 0 saturated heterocycles. The minimum atomic E-state index is 0.607. The van der Waals surface area contributed by atoms with Gasteiger partial charge in [-0.05, 0) is 39.9 Å². The molecule has 0 aliphatic carbocycles. The highest BCUT2D eigenvalue weighted by molar-refractivity contribution is 5.77. The van der Waals surface area contributed by atoms with Crippen molar-refractivity contribution in [2.24, 2.45) is 7.05 Å². The van der Waals surface area contributed by atoms with Crippen molar-refractivity contribution in [3.8, 4) is 0 Å². The fourth-order valence-corrected chi connectivity index (χ4v) is 2.58. The Morgan fingerprint density at radius 2 is 2.00 bits per heavy atom. The largest absolute Gasteiger partial charge is 0.369 e. The van der Waals surface area contributed by atoms with Gasteiger partial charge in [0.2, 0.25) is 5.95 Å². The number of fused-ring (bicyclic) bond motifs is 1. The molecule has 2 rings (SSSR count). The van der Waals surface area contributed by atoms with E-state index in [4.69, 9.17) is 5.73 Å². The van der Waals surface area contributed by atoms with Gasteiger partial charge in [0.1, 0.15) is 5.52 Å². The second-order valence-electron chi connectivity index (χ2n) is 5.62. The second-order valence-corrected chi connectivity index (χ2v) is 5.62. The molecule has 112 valence electrons. The minimum absolute atomic E-state index is 0.607. The highest BCUT2D eigenvalue weighted by atomic mass is 15.3. The zero-order valence-corrected chi connectivity index (χ0v) is 13.1. The van der Waals surface area contributed by atoms with Crippen LogP contribution in [0.2, 0.25) is 0 Å². The summed E-state index contributed by atoms with van der Waals surface area (Å²) >= 11 is 0. The number of aromatic nitrogens is 4. The number of imidazole rings is 1. The molecule has 0 spiro atoms. The fraction of sp³-hybridized carbons (Fsp3) is 0.714. The van der Waals surface area contributed by atoms with Crippen LogP contribution in [0.4, 0.5) is 5.95 Å². The summed E-state index contributed by atoms with van der Waals surface area (Å²) in [6.07, 6.45) is 4.28. The average Bonchev–Trinajstić information content (AvgIpc) is 2.85. The molecule has 0 aliphatic heterocycles. The zero-order chi connectivity index (χ0) is 14.7. The van der Waals surface area contributed by atoms with Crippen molar-refractivity contribution >= 4 is 17.1 Å². The Kier molecular flexibility index (Phi) is 4.65. The lowest BCUT2D eigenvalue weighted by Gasteiger charge is -2.10. The van der Waals surface area contributed by atoms with Crippen LogP contribution in [-0.4, -0.2) is 44.9 Å². The molecule has 2 N–H and O–H groups in total. The van der Waals surface area contributed by atoms with Gasteiger partial charge in [-0.3, -0.25) is 9.25 Å². The molecular formula is C14H26N6. The Morgan fingerprint density at radius 1 is 1.25 bits per heavy atom. The summed E-state index contributed by atoms with van der Waals surface area (Å²) < 4.78 is 4.01. The van der Waals surface area contributed by atoms with Gasteiger partial charge >= 0.3 is 0 Å². The van der Waals surface area contributed by atoms with Crippen molar-refractivity contribution in [2.75, 3.05) is 26.4 Å². The van der Waals surface area contributed by atoms with Crippen LogP contribution < -0.4 is 5.73 Å². The van der Waals surface area contributed by atoms with Crippen LogP contribution in [0.15, 0.2) is 0 Å². The summed E-state index contributed by atoms with van der Waals surface area (Å²) in [6, 6.07) is 0. The summed E-state index contributed by atoms with van der Waals surface area (Å²) in [4.78, 5) is 6.72. The van der Waals surface area contributed by atoms with Crippen LogP contribution in [0.25, 0.3) is 11.2 Å². The molecule has 2 heterocycles. The van der Waals surface area contributed by atoms with E-state index in [0.29, 0.717) is 5.95 Å². The first-order valence-corrected chi connectivity index (χ1v) is 7.37. The smallest absolute Gasteiger partial charge is 0.202 e. The first-order valence-electron chi connectivity index (χ1n) is 7.37. The zero-order valence-electron chi connectivity index (χ0n) is 13.1. The van der Waals surface area contributed by atoms with Crippen LogP contribution in [0.5, 0.6) is 0 Å². The summed E-state index contributed by atoms with van der Waals surface area (Å²) in [5.74, 6) is 0.607. The SMILES string of the molecule is CCCc1nn(C)c2c1nc(N)n2CCCCN(C)C. The second kappa shape index (κ2) is 6.26. The summed E-state index contributed by atoms with van der Waals surface area (Å²) in [5.41, 5.74) is 9.16. The highest BCUT2D eigenvalue weighted by Crippen LogP contribution is 2.22. The Hall–Kier alpha value is -1.56. The van der Waals surface area contributed by atoms with E-state index in [2.05, 4.69) is 40.6 Å². The number of anilines is 1. The van der Waals surface area contributed by atoms with Gasteiger partial charge in [0.05, 0.1) is 5.69 Å². The molecule has 0 radical (unpaired) electrons. The standard InChI is InChI=1S/C14H26N6/c1-5-8-11-12-13(19(4)17-11)20(14(15)16-12)10-7-6-9-18(2)3/h5-10H2,1-4H3,(H2,15,16). The van der Waals surface area contributed by atoms with Gasteiger partial charge in [0.15, 0.2) is 5.65 Å². The third-order valence-corrected chi connectivity index (χ3v) is 3.54. The van der Waals surface area contributed by atoms with E-state index < -0.39 is 0 Å². The number of nitrogens with zero attached hydrogens (tertiary/aromatic N) is 5. The number of nitrogens with two attached hydrogens (primary N) is 1. The first kappa shape index (κ1) is 14.8. The molecule has 0 aromatic carbocycles. The fourth-order valence-electron chi connectivity index (χ4n) is 2.58. The maximum Gasteiger partial charge on any atom is 0.202 e. The van der Waals surface area contributed by atoms with Crippen molar-refractivity contribution in [1.29, 1.82) is 0 Å². The molecule has 2 aromatic heterocycles. The van der Waals surface area contributed by atoms with Gasteiger partial charge in [0.25, 0.3) is 0 Å². The number of hydrogen-bond acceptors (Lipinski definition) is 4. The average molecular weight is 278 g/mol. The molecule has 0 bridgehead atoms. The predicted octanol–water partition coefficient (Wildman–Crippen LogP) is 1.65. The lowest BCUT2D eigenvalue weighted by atomic mass is 10.2. The summed E-state index contributed by atoms with van der Waals surface area (Å²) in [6.45, 7) is 4.16. The van der Waals surface area contributed by atoms with Crippen LogP contribution in [-0.2, 0) is 20.0 Å². The van der Waals surface area contributed by atoms with E-state index in [-0.39, 0.29) is 0 Å². The van der Waals surface area contributed by atoms with Gasteiger partial charge < -0.3 is 10.6 Å².